The van der Waals surface area contributed by atoms with Crippen LogP contribution in [0.3, 0.4) is 0 Å². The van der Waals surface area contributed by atoms with Crippen LogP contribution < -0.4 is 10.2 Å². The number of carbonyl (C=O) groups excluding carboxylic acids is 1. The van der Waals surface area contributed by atoms with Gasteiger partial charge in [-0.1, -0.05) is 18.2 Å². The molecule has 1 heterocycles. The molecule has 18 heavy (non-hydrogen) atoms. The Morgan fingerprint density at radius 3 is 2.83 bits per heavy atom. The highest BCUT2D eigenvalue weighted by Crippen LogP contribution is 2.29. The fourth-order valence-electron chi connectivity index (χ4n) is 2.25. The van der Waals surface area contributed by atoms with Gasteiger partial charge in [0.2, 0.25) is 5.91 Å². The lowest BCUT2D eigenvalue weighted by molar-refractivity contribution is -0.141. The number of likely N-dealkylation sites (N-methyl/N-ethyl adjacent to an activating group) is 1. The van der Waals surface area contributed by atoms with E-state index in [1.807, 2.05) is 29.2 Å². The monoisotopic (exact) mass is 248 g/mol. The molecule has 0 saturated heterocycles. The fraction of sp³-hybridized carbons (Fsp3) is 0.385. The fourth-order valence-corrected chi connectivity index (χ4v) is 2.25. The van der Waals surface area contributed by atoms with Crippen LogP contribution in [-0.2, 0) is 16.0 Å². The van der Waals surface area contributed by atoms with Gasteiger partial charge in [-0.2, -0.15) is 0 Å². The summed E-state index contributed by atoms with van der Waals surface area (Å²) in [6, 6.07) is 7.63. The van der Waals surface area contributed by atoms with Gasteiger partial charge < -0.3 is 15.3 Å². The summed E-state index contributed by atoms with van der Waals surface area (Å²) in [4.78, 5) is 24.4. The van der Waals surface area contributed by atoms with Crippen molar-refractivity contribution in [2.75, 3.05) is 25.0 Å². The molecular weight excluding hydrogens is 232 g/mol. The Balaban J connectivity index is 2.27. The number of aliphatic carboxylic acids is 1. The van der Waals surface area contributed by atoms with Crippen molar-refractivity contribution in [2.45, 2.75) is 6.42 Å². The zero-order valence-corrected chi connectivity index (χ0v) is 10.2. The average molecular weight is 248 g/mol. The summed E-state index contributed by atoms with van der Waals surface area (Å²) >= 11 is 0. The predicted octanol–water partition coefficient (Wildman–Crippen LogP) is 0.496. The Morgan fingerprint density at radius 1 is 1.44 bits per heavy atom. The number of fused-ring (bicyclic) bond motifs is 1. The van der Waals surface area contributed by atoms with E-state index in [0.717, 1.165) is 11.3 Å². The molecule has 96 valence electrons. The molecule has 2 N–H and O–H groups in total. The van der Waals surface area contributed by atoms with E-state index >= 15 is 0 Å². The van der Waals surface area contributed by atoms with Crippen LogP contribution in [0.2, 0.25) is 0 Å². The van der Waals surface area contributed by atoms with Gasteiger partial charge in [-0.3, -0.25) is 9.59 Å². The zero-order valence-electron chi connectivity index (χ0n) is 10.2. The number of rotatable bonds is 3. The van der Waals surface area contributed by atoms with Crippen LogP contribution in [0.4, 0.5) is 5.69 Å². The van der Waals surface area contributed by atoms with Gasteiger partial charge in [0.1, 0.15) is 0 Å². The highest BCUT2D eigenvalue weighted by molar-refractivity contribution is 5.82. The first kappa shape index (κ1) is 12.4. The molecule has 5 nitrogen and oxygen atoms in total. The number of carboxylic acid groups (broad SMARTS) is 1. The molecule has 1 aromatic carbocycles. The molecule has 1 aliphatic heterocycles. The Kier molecular flexibility index (Phi) is 3.50. The first-order valence-corrected chi connectivity index (χ1v) is 5.88. The lowest BCUT2D eigenvalue weighted by Gasteiger charge is -2.33. The molecule has 0 saturated carbocycles. The molecule has 1 atom stereocenters. The minimum Gasteiger partial charge on any atom is -0.481 e. The largest absolute Gasteiger partial charge is 0.481 e. The van der Waals surface area contributed by atoms with Crippen molar-refractivity contribution >= 4 is 17.6 Å². The van der Waals surface area contributed by atoms with Crippen LogP contribution in [-0.4, -0.2) is 37.1 Å². The third-order valence-corrected chi connectivity index (χ3v) is 3.20. The molecule has 0 bridgehead atoms. The molecule has 1 unspecified atom stereocenters. The number of hydrogen-bond donors (Lipinski definition) is 2. The molecule has 0 spiro atoms. The quantitative estimate of drug-likeness (QED) is 0.817. The number of benzene rings is 1. The van der Waals surface area contributed by atoms with E-state index in [1.165, 1.54) is 0 Å². The van der Waals surface area contributed by atoms with Gasteiger partial charge in [-0.05, 0) is 18.1 Å². The third kappa shape index (κ3) is 2.45. The van der Waals surface area contributed by atoms with Gasteiger partial charge in [0.15, 0.2) is 0 Å². The zero-order chi connectivity index (χ0) is 13.1. The number of para-hydroxylation sites is 1. The van der Waals surface area contributed by atoms with E-state index in [9.17, 15) is 9.59 Å². The second-order valence-corrected chi connectivity index (χ2v) is 4.42. The van der Waals surface area contributed by atoms with E-state index in [-0.39, 0.29) is 12.5 Å². The molecule has 1 amide bonds. The van der Waals surface area contributed by atoms with Crippen LogP contribution in [0.25, 0.3) is 0 Å². The standard InChI is InChI=1S/C13H16N2O3/c1-14-12(16)8-15-7-10(13(17)18)6-9-4-2-3-5-11(9)15/h2-5,10H,6-8H2,1H3,(H,14,16)(H,17,18). The van der Waals surface area contributed by atoms with Gasteiger partial charge in [0.25, 0.3) is 0 Å². The molecule has 1 aliphatic rings. The third-order valence-electron chi connectivity index (χ3n) is 3.20. The van der Waals surface area contributed by atoms with Crippen molar-refractivity contribution < 1.29 is 14.7 Å². The van der Waals surface area contributed by atoms with Gasteiger partial charge in [-0.25, -0.2) is 0 Å². The molecular formula is C13H16N2O3. The first-order valence-electron chi connectivity index (χ1n) is 5.88. The highest BCUT2D eigenvalue weighted by Gasteiger charge is 2.29. The SMILES string of the molecule is CNC(=O)CN1CC(C(=O)O)Cc2ccccc21. The number of carboxylic acids is 1. The Labute approximate surface area is 105 Å². The van der Waals surface area contributed by atoms with Crippen molar-refractivity contribution in [3.8, 4) is 0 Å². The number of anilines is 1. The second kappa shape index (κ2) is 5.08. The van der Waals surface area contributed by atoms with E-state index in [0.29, 0.717) is 13.0 Å². The molecule has 1 aromatic rings. The summed E-state index contributed by atoms with van der Waals surface area (Å²) < 4.78 is 0. The topological polar surface area (TPSA) is 69.6 Å². The number of nitrogens with zero attached hydrogens (tertiary/aromatic N) is 1. The number of carbonyl (C=O) groups is 2. The summed E-state index contributed by atoms with van der Waals surface area (Å²) in [5.41, 5.74) is 1.94. The predicted molar refractivity (Wildman–Crippen MR) is 67.6 cm³/mol. The molecule has 0 radical (unpaired) electrons. The van der Waals surface area contributed by atoms with Crippen molar-refractivity contribution in [3.63, 3.8) is 0 Å². The minimum absolute atomic E-state index is 0.115. The normalized spacial score (nSPS) is 18.1. The van der Waals surface area contributed by atoms with Crippen LogP contribution in [0.15, 0.2) is 24.3 Å². The smallest absolute Gasteiger partial charge is 0.308 e. The first-order chi connectivity index (χ1) is 8.61. The Morgan fingerprint density at radius 2 is 2.17 bits per heavy atom. The van der Waals surface area contributed by atoms with Crippen molar-refractivity contribution in [1.29, 1.82) is 0 Å². The van der Waals surface area contributed by atoms with Crippen LogP contribution in [0.1, 0.15) is 5.56 Å². The van der Waals surface area contributed by atoms with Gasteiger partial charge in [-0.15, -0.1) is 0 Å². The lowest BCUT2D eigenvalue weighted by Crippen LogP contribution is -2.43. The van der Waals surface area contributed by atoms with Crippen molar-refractivity contribution in [1.82, 2.24) is 5.32 Å². The summed E-state index contributed by atoms with van der Waals surface area (Å²) in [6.07, 6.45) is 0.524. The maximum atomic E-state index is 11.5. The molecule has 0 fully saturated rings. The van der Waals surface area contributed by atoms with Crippen molar-refractivity contribution in [3.05, 3.63) is 29.8 Å². The number of amides is 1. The van der Waals surface area contributed by atoms with Crippen LogP contribution in [0, 0.1) is 5.92 Å². The second-order valence-electron chi connectivity index (χ2n) is 4.42. The molecule has 0 aliphatic carbocycles. The molecule has 2 rings (SSSR count). The number of hydrogen-bond acceptors (Lipinski definition) is 3. The number of nitrogens with one attached hydrogen (secondary N) is 1. The van der Waals surface area contributed by atoms with E-state index in [1.54, 1.807) is 7.05 Å². The van der Waals surface area contributed by atoms with Crippen LogP contribution in [0.5, 0.6) is 0 Å². The minimum atomic E-state index is -0.814. The molecule has 5 heteroatoms. The summed E-state index contributed by atoms with van der Waals surface area (Å²) in [5.74, 6) is -1.38. The Hall–Kier alpha value is -2.04. The van der Waals surface area contributed by atoms with Gasteiger partial charge >= 0.3 is 5.97 Å². The van der Waals surface area contributed by atoms with E-state index in [4.69, 9.17) is 5.11 Å². The Bertz CT molecular complexity index is 473. The van der Waals surface area contributed by atoms with Crippen molar-refractivity contribution in [2.24, 2.45) is 5.92 Å². The highest BCUT2D eigenvalue weighted by atomic mass is 16.4. The maximum Gasteiger partial charge on any atom is 0.308 e. The average Bonchev–Trinajstić information content (AvgIpc) is 2.38. The van der Waals surface area contributed by atoms with Gasteiger partial charge in [0, 0.05) is 19.3 Å². The lowest BCUT2D eigenvalue weighted by atomic mass is 9.92. The summed E-state index contributed by atoms with van der Waals surface area (Å²) in [5, 5.41) is 11.7. The maximum absolute atomic E-state index is 11.5. The van der Waals surface area contributed by atoms with Crippen LogP contribution >= 0.6 is 0 Å². The summed E-state index contributed by atoms with van der Waals surface area (Å²) in [7, 11) is 1.58. The summed E-state index contributed by atoms with van der Waals surface area (Å²) in [6.45, 7) is 0.567. The van der Waals surface area contributed by atoms with E-state index in [2.05, 4.69) is 5.32 Å². The van der Waals surface area contributed by atoms with Gasteiger partial charge in [0.05, 0.1) is 12.5 Å². The molecule has 0 aromatic heterocycles. The van der Waals surface area contributed by atoms with E-state index < -0.39 is 11.9 Å².